The third-order valence-electron chi connectivity index (χ3n) is 2.12. The maximum atomic E-state index is 2.51. The van der Waals surface area contributed by atoms with Crippen molar-refractivity contribution in [3.8, 4) is 0 Å². The molecule has 0 N–H and O–H groups in total. The van der Waals surface area contributed by atoms with Crippen LogP contribution in [0.25, 0.3) is 19.1 Å². The van der Waals surface area contributed by atoms with Crippen molar-refractivity contribution in [2.75, 3.05) is 0 Å². The molecule has 1 nitrogen and oxygen atoms in total. The minimum atomic E-state index is 0.520. The van der Waals surface area contributed by atoms with E-state index in [0.29, 0.717) is 6.04 Å². The molecule has 0 aliphatic carbocycles. The molecule has 0 bridgehead atoms. The Balaban J connectivity index is 2.63. The molecule has 0 saturated carbocycles. The van der Waals surface area contributed by atoms with E-state index in [1.54, 1.807) is 0 Å². The number of nitrogens with zero attached hydrogens (tertiary/aromatic N) is 1. The second-order valence-corrected chi connectivity index (χ2v) is 18.3. The molecule has 100 valence electrons. The summed E-state index contributed by atoms with van der Waals surface area (Å²) in [6.45, 7) is 4.56. The first kappa shape index (κ1) is 14.4. The Labute approximate surface area is 139 Å². The predicted molar refractivity (Wildman–Crippen MR) is 101 cm³/mol. The van der Waals surface area contributed by atoms with Gasteiger partial charge in [0.2, 0.25) is 0 Å². The van der Waals surface area contributed by atoms with Crippen LogP contribution in [0.4, 0.5) is 0 Å². The van der Waals surface area contributed by atoms with Crippen molar-refractivity contribution in [3.05, 3.63) is 0 Å². The quantitative estimate of drug-likeness (QED) is 0.345. The lowest BCUT2D eigenvalue weighted by molar-refractivity contribution is 0.648. The number of hydrogen-bond acceptors (Lipinski definition) is 10. The van der Waals surface area contributed by atoms with Crippen molar-refractivity contribution in [3.63, 3.8) is 0 Å². The highest BCUT2D eigenvalue weighted by molar-refractivity contribution is 8.17. The fourth-order valence-corrected chi connectivity index (χ4v) is 20.5. The van der Waals surface area contributed by atoms with Crippen LogP contribution in [-0.2, 0) is 0 Å². The minimum absolute atomic E-state index is 0.520. The number of fused-ring (bicyclic) bond motifs is 3. The van der Waals surface area contributed by atoms with E-state index in [0.717, 1.165) is 0 Å². The first-order valence-electron chi connectivity index (χ1n) is 4.76. The molecule has 11 heteroatoms. The topological polar surface area (TPSA) is 4.93 Å². The summed E-state index contributed by atoms with van der Waals surface area (Å²) in [6, 6.07) is 0.520. The van der Waals surface area contributed by atoms with Gasteiger partial charge in [-0.3, -0.25) is 0 Å². The molecule has 0 atom stereocenters. The molecule has 0 radical (unpaired) electrons. The standard InChI is InChI=1S/C7H7NS10/c1-3(2)8-6-4(9-13-17-15-11-6)5-7(8)12-16-18-14-10-5/h3H,1-2H3. The van der Waals surface area contributed by atoms with E-state index >= 15 is 0 Å². The fourth-order valence-electron chi connectivity index (χ4n) is 1.49. The summed E-state index contributed by atoms with van der Waals surface area (Å²) < 4.78 is 5.46. The summed E-state index contributed by atoms with van der Waals surface area (Å²) in [4.78, 5) is 2.88. The van der Waals surface area contributed by atoms with Gasteiger partial charge in [-0.2, -0.15) is 0 Å². The van der Waals surface area contributed by atoms with Crippen LogP contribution in [0.2, 0.25) is 0 Å². The van der Waals surface area contributed by atoms with Gasteiger partial charge in [0.15, 0.2) is 0 Å². The molecule has 0 fully saturated rings. The maximum Gasteiger partial charge on any atom is 0.127 e. The van der Waals surface area contributed by atoms with Crippen LogP contribution in [-0.4, -0.2) is 4.57 Å². The van der Waals surface area contributed by atoms with Gasteiger partial charge in [-0.15, -0.1) is 0 Å². The average molecular weight is 426 g/mol. The van der Waals surface area contributed by atoms with E-state index in [2.05, 4.69) is 18.4 Å². The van der Waals surface area contributed by atoms with Crippen molar-refractivity contribution < 1.29 is 0 Å². The van der Waals surface area contributed by atoms with Crippen LogP contribution < -0.4 is 0 Å². The van der Waals surface area contributed by atoms with Gasteiger partial charge < -0.3 is 4.57 Å². The predicted octanol–water partition coefficient (Wildman–Crippen LogP) is 8.36. The molecule has 0 aromatic carbocycles. The smallest absolute Gasteiger partial charge is 0.127 e. The third-order valence-corrected chi connectivity index (χ3v) is 19.1. The zero-order valence-corrected chi connectivity index (χ0v) is 17.3. The summed E-state index contributed by atoms with van der Waals surface area (Å²) in [6.07, 6.45) is 0. The van der Waals surface area contributed by atoms with Crippen LogP contribution in [0.15, 0.2) is 0 Å². The summed E-state index contributed by atoms with van der Waals surface area (Å²) >= 11 is 0. The minimum Gasteiger partial charge on any atom is -0.319 e. The summed E-state index contributed by atoms with van der Waals surface area (Å²) in [5.74, 6) is 0. The molecule has 0 aliphatic heterocycles. The molecule has 0 aliphatic rings. The molecule has 0 spiro atoms. The molecule has 0 saturated heterocycles. The average Bonchev–Trinajstić information content (AvgIpc) is 2.59. The van der Waals surface area contributed by atoms with Gasteiger partial charge in [-0.05, 0) is 90.6 Å². The molecule has 3 heterocycles. The third kappa shape index (κ3) is 2.76. The van der Waals surface area contributed by atoms with Gasteiger partial charge in [0.25, 0.3) is 0 Å². The van der Waals surface area contributed by atoms with Crippen molar-refractivity contribution >= 4 is 116 Å². The molecule has 0 amide bonds. The Morgan fingerprint density at radius 1 is 0.667 bits per heavy atom. The van der Waals surface area contributed by atoms with Gasteiger partial charge in [-0.25, -0.2) is 0 Å². The van der Waals surface area contributed by atoms with E-state index in [9.17, 15) is 0 Å². The van der Waals surface area contributed by atoms with E-state index in [1.165, 1.54) is 19.1 Å². The summed E-state index contributed by atoms with van der Waals surface area (Å²) in [7, 11) is 18.9. The lowest BCUT2D eigenvalue weighted by atomic mass is 10.4. The van der Waals surface area contributed by atoms with Gasteiger partial charge in [-0.1, -0.05) is 20.7 Å². The van der Waals surface area contributed by atoms with Gasteiger partial charge in [0.1, 0.15) is 9.66 Å². The lowest BCUT2D eigenvalue weighted by Gasteiger charge is -2.07. The SMILES string of the molecule is CC(C)n1c2sssssc2c2sssssc21. The van der Waals surface area contributed by atoms with Gasteiger partial charge in [0, 0.05) is 6.04 Å². The Kier molecular flexibility index (Phi) is 5.20. The van der Waals surface area contributed by atoms with Crippen molar-refractivity contribution in [2.45, 2.75) is 19.9 Å². The molecule has 3 aromatic heterocycles. The van der Waals surface area contributed by atoms with Crippen LogP contribution in [0.1, 0.15) is 19.9 Å². The van der Waals surface area contributed by atoms with Crippen molar-refractivity contribution in [2.24, 2.45) is 0 Å². The molecular formula is C7H7NS10. The zero-order valence-electron chi connectivity index (χ0n) is 9.11. The molecule has 3 aromatic rings. The molecular weight excluding hydrogens is 419 g/mol. The van der Waals surface area contributed by atoms with Gasteiger partial charge >= 0.3 is 0 Å². The van der Waals surface area contributed by atoms with Crippen LogP contribution in [0.5, 0.6) is 0 Å². The number of hydrogen-bond donors (Lipinski definition) is 0. The first-order valence-corrected chi connectivity index (χ1v) is 17.1. The summed E-state index contributed by atoms with van der Waals surface area (Å²) in [5, 5.41) is 0. The Hall–Kier alpha value is 1.48. The Bertz CT molecular complexity index is 678. The normalized spacial score (nSPS) is 11.3. The fraction of sp³-hybridized carbons (Fsp3) is 0.429. The zero-order chi connectivity index (χ0) is 12.5. The van der Waals surface area contributed by atoms with E-state index in [1.807, 2.05) is 97.4 Å². The highest BCUT2D eigenvalue weighted by Crippen LogP contribution is 2.43. The lowest BCUT2D eigenvalue weighted by Crippen LogP contribution is -1.97. The van der Waals surface area contributed by atoms with Crippen LogP contribution in [0.3, 0.4) is 0 Å². The van der Waals surface area contributed by atoms with E-state index in [4.69, 9.17) is 0 Å². The number of aromatic nitrogens is 1. The number of rotatable bonds is 1. The highest BCUT2D eigenvalue weighted by atomic mass is 33.5. The second kappa shape index (κ2) is 6.50. The molecule has 3 rings (SSSR count). The Morgan fingerprint density at radius 3 is 1.56 bits per heavy atom. The second-order valence-electron chi connectivity index (χ2n) is 3.47. The van der Waals surface area contributed by atoms with E-state index < -0.39 is 0 Å². The van der Waals surface area contributed by atoms with Crippen molar-refractivity contribution in [1.29, 1.82) is 0 Å². The summed E-state index contributed by atoms with van der Waals surface area (Å²) in [5.41, 5.74) is 0. The van der Waals surface area contributed by atoms with Crippen LogP contribution >= 0.6 is 97.4 Å². The van der Waals surface area contributed by atoms with Crippen LogP contribution in [0, 0.1) is 0 Å². The van der Waals surface area contributed by atoms with Crippen molar-refractivity contribution in [1.82, 2.24) is 4.57 Å². The maximum absolute atomic E-state index is 2.51. The molecule has 18 heavy (non-hydrogen) atoms. The molecule has 0 unspecified atom stereocenters. The largest absolute Gasteiger partial charge is 0.319 e. The monoisotopic (exact) mass is 425 g/mol. The highest BCUT2D eigenvalue weighted by Gasteiger charge is 2.14. The van der Waals surface area contributed by atoms with Gasteiger partial charge in [0.05, 0.1) is 9.40 Å². The van der Waals surface area contributed by atoms with E-state index in [-0.39, 0.29) is 0 Å². The Morgan fingerprint density at radius 2 is 1.11 bits per heavy atom. The first-order chi connectivity index (χ1) is 8.79.